The lowest BCUT2D eigenvalue weighted by atomic mass is 9.79. The average molecular weight is 596 g/mol. The van der Waals surface area contributed by atoms with E-state index >= 15 is 4.39 Å². The van der Waals surface area contributed by atoms with E-state index in [4.69, 9.17) is 9.47 Å². The lowest BCUT2D eigenvalue weighted by Gasteiger charge is -2.54. The highest BCUT2D eigenvalue weighted by molar-refractivity contribution is 7.98. The Bertz CT molecular complexity index is 1640. The Labute approximate surface area is 246 Å². The molecule has 1 fully saturated rings. The van der Waals surface area contributed by atoms with Crippen molar-refractivity contribution in [2.45, 2.75) is 56.0 Å². The molecule has 1 amide bonds. The summed E-state index contributed by atoms with van der Waals surface area (Å²) in [5, 5.41) is 2.01. The number of pyridine rings is 1. The van der Waals surface area contributed by atoms with Gasteiger partial charge in [0.25, 0.3) is 5.91 Å². The summed E-state index contributed by atoms with van der Waals surface area (Å²) in [4.78, 5) is 41.6. The molecule has 0 bridgehead atoms. The highest BCUT2D eigenvalue weighted by atomic mass is 32.2. The predicted octanol–water partition coefficient (Wildman–Crippen LogP) is 5.00. The first-order valence-electron chi connectivity index (χ1n) is 13.8. The molecule has 0 spiro atoms. The number of piperidine rings is 1. The standard InChI is InChI=1S/C31H31F2N3O5S/c1-31(2)12-14-34-24(16-31)36(35-13-10-22(37)29(28(35)30(34)39)41-15-11-25(38)40-3)27-18-8-9-21(32)26(33)20(18)17-42-23-7-5-4-6-19(23)27/h4-10,13,24,27H,11-12,14-17H2,1-3H3/t24-,27+/m1/s1. The molecule has 0 unspecified atom stereocenters. The molecule has 1 saturated heterocycles. The van der Waals surface area contributed by atoms with Crippen LogP contribution >= 0.6 is 11.8 Å². The molecule has 3 aliphatic rings. The summed E-state index contributed by atoms with van der Waals surface area (Å²) >= 11 is 1.43. The topological polar surface area (TPSA) is 81.1 Å². The first-order valence-corrected chi connectivity index (χ1v) is 14.8. The van der Waals surface area contributed by atoms with Crippen LogP contribution < -0.4 is 15.2 Å². The quantitative estimate of drug-likeness (QED) is 0.384. The zero-order valence-electron chi connectivity index (χ0n) is 23.6. The molecule has 2 aromatic carbocycles. The van der Waals surface area contributed by atoms with Crippen LogP contribution in [-0.2, 0) is 15.3 Å². The molecule has 1 aromatic heterocycles. The molecule has 6 rings (SSSR count). The molecule has 4 heterocycles. The fourth-order valence-electron chi connectivity index (χ4n) is 6.15. The molecule has 0 aliphatic carbocycles. The van der Waals surface area contributed by atoms with Gasteiger partial charge in [0.2, 0.25) is 5.43 Å². The number of fused-ring (bicyclic) bond motifs is 4. The van der Waals surface area contributed by atoms with Gasteiger partial charge in [-0.2, -0.15) is 0 Å². The number of methoxy groups -OCH3 is 1. The number of hydrogen-bond acceptors (Lipinski definition) is 7. The lowest BCUT2D eigenvalue weighted by molar-refractivity contribution is -0.141. The first kappa shape index (κ1) is 28.3. The number of carbonyl (C=O) groups is 2. The molecule has 2 atom stereocenters. The number of halogens is 2. The van der Waals surface area contributed by atoms with Crippen molar-refractivity contribution in [2.75, 3.05) is 25.3 Å². The minimum absolute atomic E-state index is 0.0295. The summed E-state index contributed by atoms with van der Waals surface area (Å²) in [6.07, 6.45) is 2.33. The minimum Gasteiger partial charge on any atom is -0.487 e. The predicted molar refractivity (Wildman–Crippen MR) is 153 cm³/mol. The number of rotatable bonds is 5. The fraction of sp³-hybridized carbons (Fsp3) is 0.387. The number of thioether (sulfide) groups is 1. The van der Waals surface area contributed by atoms with E-state index in [9.17, 15) is 18.8 Å². The van der Waals surface area contributed by atoms with Crippen LogP contribution in [0.4, 0.5) is 8.78 Å². The van der Waals surface area contributed by atoms with Crippen LogP contribution in [0.1, 0.15) is 66.3 Å². The maximum Gasteiger partial charge on any atom is 0.308 e. The van der Waals surface area contributed by atoms with E-state index in [2.05, 4.69) is 13.8 Å². The van der Waals surface area contributed by atoms with Crippen molar-refractivity contribution in [3.63, 3.8) is 0 Å². The van der Waals surface area contributed by atoms with Crippen LogP contribution in [0.3, 0.4) is 0 Å². The van der Waals surface area contributed by atoms with E-state index in [1.807, 2.05) is 29.3 Å². The summed E-state index contributed by atoms with van der Waals surface area (Å²) in [6, 6.07) is 11.2. The molecule has 3 aliphatic heterocycles. The SMILES string of the molecule is COC(=O)CCOc1c2n(ccc1=O)N([C@@H]1c3ccccc3SCc3c1ccc(F)c3F)[C@@H]1CC(C)(C)CCN1C2=O. The summed E-state index contributed by atoms with van der Waals surface area (Å²) in [5.41, 5.74) is 1.13. The Morgan fingerprint density at radius 3 is 2.67 bits per heavy atom. The number of amides is 1. The highest BCUT2D eigenvalue weighted by Crippen LogP contribution is 2.47. The van der Waals surface area contributed by atoms with Gasteiger partial charge in [-0.25, -0.2) is 8.78 Å². The first-order chi connectivity index (χ1) is 20.1. The zero-order valence-corrected chi connectivity index (χ0v) is 24.4. The molecule has 220 valence electrons. The summed E-state index contributed by atoms with van der Waals surface area (Å²) in [5.74, 6) is -2.61. The molecule has 0 saturated carbocycles. The summed E-state index contributed by atoms with van der Waals surface area (Å²) in [7, 11) is 1.26. The second-order valence-corrected chi connectivity index (χ2v) is 12.5. The smallest absolute Gasteiger partial charge is 0.308 e. The molecule has 8 nitrogen and oxygen atoms in total. The molecule has 3 aromatic rings. The molecule has 0 N–H and O–H groups in total. The Kier molecular flexibility index (Phi) is 7.24. The van der Waals surface area contributed by atoms with Crippen molar-refractivity contribution in [3.8, 4) is 5.75 Å². The van der Waals surface area contributed by atoms with E-state index < -0.39 is 35.2 Å². The zero-order chi connectivity index (χ0) is 29.8. The molecule has 11 heteroatoms. The largest absolute Gasteiger partial charge is 0.487 e. The Hall–Kier alpha value is -3.86. The van der Waals surface area contributed by atoms with Crippen molar-refractivity contribution >= 4 is 23.6 Å². The van der Waals surface area contributed by atoms with E-state index in [1.54, 1.807) is 21.8 Å². The fourth-order valence-corrected chi connectivity index (χ4v) is 7.27. The van der Waals surface area contributed by atoms with E-state index in [-0.39, 0.29) is 47.1 Å². The number of hydrogen-bond donors (Lipinski definition) is 0. The molecule has 0 radical (unpaired) electrons. The highest BCUT2D eigenvalue weighted by Gasteiger charge is 2.49. The van der Waals surface area contributed by atoms with Gasteiger partial charge in [-0.15, -0.1) is 11.8 Å². The molecule has 42 heavy (non-hydrogen) atoms. The van der Waals surface area contributed by atoms with Crippen LogP contribution in [-0.4, -0.2) is 47.9 Å². The summed E-state index contributed by atoms with van der Waals surface area (Å²) < 4.78 is 42.1. The Balaban J connectivity index is 1.60. The Morgan fingerprint density at radius 2 is 1.88 bits per heavy atom. The van der Waals surface area contributed by atoms with Gasteiger partial charge in [0.1, 0.15) is 6.17 Å². The van der Waals surface area contributed by atoms with Crippen LogP contribution in [0.25, 0.3) is 0 Å². The maximum absolute atomic E-state index is 15.4. The van der Waals surface area contributed by atoms with Gasteiger partial charge in [0.15, 0.2) is 23.1 Å². The van der Waals surface area contributed by atoms with Crippen LogP contribution in [0, 0.1) is 17.0 Å². The van der Waals surface area contributed by atoms with Crippen molar-refractivity contribution in [3.05, 3.63) is 92.9 Å². The third kappa shape index (κ3) is 4.73. The van der Waals surface area contributed by atoms with Gasteiger partial charge >= 0.3 is 5.97 Å². The van der Waals surface area contributed by atoms with E-state index in [0.717, 1.165) is 22.9 Å². The van der Waals surface area contributed by atoms with Gasteiger partial charge in [-0.1, -0.05) is 38.1 Å². The number of benzene rings is 2. The van der Waals surface area contributed by atoms with Gasteiger partial charge in [-0.05, 0) is 41.5 Å². The van der Waals surface area contributed by atoms with Crippen molar-refractivity contribution < 1.29 is 27.8 Å². The minimum atomic E-state index is -0.918. The Morgan fingerprint density at radius 1 is 1.10 bits per heavy atom. The number of ether oxygens (including phenoxy) is 2. The second kappa shape index (κ2) is 10.8. The molecular weight excluding hydrogens is 564 g/mol. The van der Waals surface area contributed by atoms with Gasteiger partial charge in [-0.3, -0.25) is 24.1 Å². The third-order valence-electron chi connectivity index (χ3n) is 8.33. The van der Waals surface area contributed by atoms with E-state index in [0.29, 0.717) is 18.5 Å². The maximum atomic E-state index is 15.4. The molecular formula is C31H31F2N3O5S. The normalized spacial score (nSPS) is 20.5. The van der Waals surface area contributed by atoms with Gasteiger partial charge in [0, 0.05) is 35.0 Å². The van der Waals surface area contributed by atoms with Crippen molar-refractivity contribution in [1.29, 1.82) is 0 Å². The van der Waals surface area contributed by atoms with Crippen LogP contribution in [0.2, 0.25) is 0 Å². The monoisotopic (exact) mass is 595 g/mol. The average Bonchev–Trinajstić information content (AvgIpc) is 3.13. The van der Waals surface area contributed by atoms with Gasteiger partial charge in [0.05, 0.1) is 26.2 Å². The van der Waals surface area contributed by atoms with Gasteiger partial charge < -0.3 is 14.4 Å². The van der Waals surface area contributed by atoms with Crippen LogP contribution in [0.15, 0.2) is 58.4 Å². The number of carbonyl (C=O) groups excluding carboxylic acids is 2. The van der Waals surface area contributed by atoms with E-state index in [1.165, 1.54) is 24.9 Å². The van der Waals surface area contributed by atoms with Crippen molar-refractivity contribution in [2.24, 2.45) is 5.41 Å². The number of esters is 1. The van der Waals surface area contributed by atoms with Crippen molar-refractivity contribution in [1.82, 2.24) is 9.58 Å². The van der Waals surface area contributed by atoms with Crippen LogP contribution in [0.5, 0.6) is 5.75 Å². The second-order valence-electron chi connectivity index (χ2n) is 11.5. The summed E-state index contributed by atoms with van der Waals surface area (Å²) in [6.45, 7) is 4.58. The number of aromatic nitrogens is 1. The lowest BCUT2D eigenvalue weighted by Crippen LogP contribution is -2.65. The third-order valence-corrected chi connectivity index (χ3v) is 9.45. The number of nitrogens with zero attached hydrogens (tertiary/aromatic N) is 3.